The van der Waals surface area contributed by atoms with Crippen LogP contribution < -0.4 is 0 Å². The van der Waals surface area contributed by atoms with E-state index in [0.29, 0.717) is 25.7 Å². The summed E-state index contributed by atoms with van der Waals surface area (Å²) in [5, 5.41) is 10.6. The van der Waals surface area contributed by atoms with Gasteiger partial charge in [-0.15, -0.1) is 0 Å². The molecule has 3 N–H and O–H groups in total. The van der Waals surface area contributed by atoms with Crippen molar-refractivity contribution in [1.82, 2.24) is 0 Å². The monoisotopic (exact) mass is 1310 g/mol. The smallest absolute Gasteiger partial charge is 0.462 e. The molecule has 0 aliphatic rings. The highest BCUT2D eigenvalue weighted by Crippen LogP contribution is 2.45. The molecule has 0 saturated carbocycles. The lowest BCUT2D eigenvalue weighted by Crippen LogP contribution is -2.30. The van der Waals surface area contributed by atoms with Crippen molar-refractivity contribution in [2.24, 2.45) is 0 Å². The number of hydrogen-bond donors (Lipinski definition) is 3. The predicted molar refractivity (Wildman–Crippen MR) is 359 cm³/mol. The van der Waals surface area contributed by atoms with Crippen LogP contribution in [-0.4, -0.2) is 96.7 Å². The number of ether oxygens (including phenoxy) is 4. The van der Waals surface area contributed by atoms with Gasteiger partial charge in [-0.2, -0.15) is 0 Å². The van der Waals surface area contributed by atoms with Gasteiger partial charge in [-0.25, -0.2) is 9.13 Å². The van der Waals surface area contributed by atoms with Gasteiger partial charge in [0.05, 0.1) is 26.4 Å². The summed E-state index contributed by atoms with van der Waals surface area (Å²) in [6, 6.07) is 0. The van der Waals surface area contributed by atoms with Crippen LogP contribution in [-0.2, 0) is 65.4 Å². The second-order valence-electron chi connectivity index (χ2n) is 25.3. The van der Waals surface area contributed by atoms with Gasteiger partial charge in [0.25, 0.3) is 0 Å². The number of unbranched alkanes of at least 4 members (excludes halogenated alkanes) is 45. The Morgan fingerprint density at radius 2 is 0.449 bits per heavy atom. The maximum Gasteiger partial charge on any atom is 0.472 e. The van der Waals surface area contributed by atoms with Crippen molar-refractivity contribution in [3.8, 4) is 0 Å². The van der Waals surface area contributed by atoms with E-state index < -0.39 is 97.5 Å². The minimum Gasteiger partial charge on any atom is -0.462 e. The van der Waals surface area contributed by atoms with Crippen LogP contribution in [0.25, 0.3) is 0 Å². The first-order chi connectivity index (χ1) is 43.2. The van der Waals surface area contributed by atoms with Gasteiger partial charge in [0.2, 0.25) is 0 Å². The van der Waals surface area contributed by atoms with Gasteiger partial charge in [-0.1, -0.05) is 317 Å². The number of aliphatic hydroxyl groups excluding tert-OH is 1. The van der Waals surface area contributed by atoms with E-state index in [1.54, 1.807) is 0 Å². The van der Waals surface area contributed by atoms with E-state index in [0.717, 1.165) is 96.3 Å². The molecule has 0 rings (SSSR count). The lowest BCUT2D eigenvalue weighted by molar-refractivity contribution is -0.161. The Balaban J connectivity index is 5.09. The Morgan fingerprint density at radius 3 is 0.663 bits per heavy atom. The zero-order valence-electron chi connectivity index (χ0n) is 57.4. The lowest BCUT2D eigenvalue weighted by atomic mass is 10.0. The molecule has 0 aliphatic carbocycles. The molecule has 17 nitrogen and oxygen atoms in total. The first-order valence-corrected chi connectivity index (χ1v) is 39.8. The van der Waals surface area contributed by atoms with Crippen molar-refractivity contribution in [2.45, 2.75) is 386 Å². The fourth-order valence-electron chi connectivity index (χ4n) is 10.7. The Kier molecular flexibility index (Phi) is 63.3. The summed E-state index contributed by atoms with van der Waals surface area (Å²) in [4.78, 5) is 72.3. The summed E-state index contributed by atoms with van der Waals surface area (Å²) in [5.41, 5.74) is 0. The summed E-state index contributed by atoms with van der Waals surface area (Å²) in [7, 11) is -9.89. The predicted octanol–water partition coefficient (Wildman–Crippen LogP) is 20.3. The van der Waals surface area contributed by atoms with E-state index in [-0.39, 0.29) is 25.7 Å². The van der Waals surface area contributed by atoms with Gasteiger partial charge in [0, 0.05) is 25.7 Å². The molecule has 0 radical (unpaired) electrons. The largest absolute Gasteiger partial charge is 0.472 e. The quantitative estimate of drug-likeness (QED) is 0.0222. The molecule has 0 heterocycles. The molecule has 0 aliphatic heterocycles. The zero-order chi connectivity index (χ0) is 65.4. The maximum absolute atomic E-state index is 13.0. The maximum atomic E-state index is 13.0. The average Bonchev–Trinajstić information content (AvgIpc) is 3.73. The molecule has 0 saturated heterocycles. The third kappa shape index (κ3) is 64.6. The molecule has 0 aromatic rings. The normalized spacial score (nSPS) is 14.0. The number of aliphatic hydroxyl groups is 1. The average molecular weight is 1310 g/mol. The highest BCUT2D eigenvalue weighted by Gasteiger charge is 2.30. The van der Waals surface area contributed by atoms with E-state index in [1.807, 2.05) is 0 Å². The number of carbonyl (C=O) groups is 4. The molecule has 5 atom stereocenters. The van der Waals surface area contributed by atoms with Gasteiger partial charge >= 0.3 is 39.5 Å². The molecular weight excluding hydrogens is 1170 g/mol. The number of hydrogen-bond acceptors (Lipinski definition) is 15. The first-order valence-electron chi connectivity index (χ1n) is 36.8. The molecular formula is C70H136O17P2. The molecule has 19 heteroatoms. The van der Waals surface area contributed by atoms with E-state index in [4.69, 9.17) is 37.0 Å². The SMILES string of the molecule is CCCCCCCCCCCCCCCCCCCCCCCCC(=O)O[C@H](COC(=O)CCCCCCCCCCCC)COP(=O)(O)OC[C@@H](O)COP(=O)(O)OC[C@@H](COC(=O)CCCCCCCCCC)OC(=O)CCCCCCCCCCC. The van der Waals surface area contributed by atoms with Crippen LogP contribution in [0.5, 0.6) is 0 Å². The van der Waals surface area contributed by atoms with Crippen LogP contribution in [0.4, 0.5) is 0 Å². The summed E-state index contributed by atoms with van der Waals surface area (Å²) < 4.78 is 68.1. The van der Waals surface area contributed by atoms with Crippen molar-refractivity contribution >= 4 is 39.5 Å². The highest BCUT2D eigenvalue weighted by molar-refractivity contribution is 7.47. The molecule has 0 aromatic heterocycles. The van der Waals surface area contributed by atoms with Gasteiger partial charge < -0.3 is 33.8 Å². The molecule has 0 aromatic carbocycles. The van der Waals surface area contributed by atoms with Crippen molar-refractivity contribution < 1.29 is 80.2 Å². The van der Waals surface area contributed by atoms with Crippen molar-refractivity contribution in [2.75, 3.05) is 39.6 Å². The molecule has 528 valence electrons. The molecule has 0 spiro atoms. The number of phosphoric ester groups is 2. The van der Waals surface area contributed by atoms with E-state index in [9.17, 15) is 43.2 Å². The second-order valence-corrected chi connectivity index (χ2v) is 28.2. The molecule has 0 amide bonds. The van der Waals surface area contributed by atoms with Crippen molar-refractivity contribution in [3.63, 3.8) is 0 Å². The third-order valence-electron chi connectivity index (χ3n) is 16.4. The van der Waals surface area contributed by atoms with Crippen LogP contribution in [0, 0.1) is 0 Å². The van der Waals surface area contributed by atoms with Crippen molar-refractivity contribution in [1.29, 1.82) is 0 Å². The lowest BCUT2D eigenvalue weighted by Gasteiger charge is -2.21. The highest BCUT2D eigenvalue weighted by atomic mass is 31.2. The minimum absolute atomic E-state index is 0.106. The van der Waals surface area contributed by atoms with E-state index in [2.05, 4.69) is 27.7 Å². The number of esters is 4. The molecule has 89 heavy (non-hydrogen) atoms. The second kappa shape index (κ2) is 64.8. The van der Waals surface area contributed by atoms with Crippen molar-refractivity contribution in [3.05, 3.63) is 0 Å². The van der Waals surface area contributed by atoms with Gasteiger partial charge in [-0.05, 0) is 25.7 Å². The fraction of sp³-hybridized carbons (Fsp3) is 0.943. The Morgan fingerprint density at radius 1 is 0.270 bits per heavy atom. The molecule has 0 fully saturated rings. The zero-order valence-corrected chi connectivity index (χ0v) is 59.2. The van der Waals surface area contributed by atoms with Crippen LogP contribution in [0.15, 0.2) is 0 Å². The van der Waals surface area contributed by atoms with Crippen LogP contribution >= 0.6 is 15.6 Å². The number of phosphoric acid groups is 2. The Labute approximate surface area is 543 Å². The fourth-order valence-corrected chi connectivity index (χ4v) is 12.3. The van der Waals surface area contributed by atoms with Crippen LogP contribution in [0.2, 0.25) is 0 Å². The summed E-state index contributed by atoms with van der Waals surface area (Å²) in [5.74, 6) is -2.13. The minimum atomic E-state index is -4.95. The topological polar surface area (TPSA) is 237 Å². The van der Waals surface area contributed by atoms with Gasteiger partial charge in [0.15, 0.2) is 12.2 Å². The number of rotatable bonds is 71. The first kappa shape index (κ1) is 87.1. The van der Waals surface area contributed by atoms with Gasteiger partial charge in [-0.3, -0.25) is 37.3 Å². The van der Waals surface area contributed by atoms with E-state index in [1.165, 1.54) is 193 Å². The standard InChI is InChI=1S/C70H136O17P2/c1-5-9-13-17-21-25-27-28-29-30-31-32-33-34-35-36-37-38-41-45-49-53-57-70(75)87-66(61-81-68(73)55-51-47-43-40-26-22-18-14-10-6-2)63-85-89(78,79)83-59-64(71)58-82-88(76,77)84-62-65(60-80-67(72)54-50-46-42-24-20-16-12-8-4)86-69(74)56-52-48-44-39-23-19-15-11-7-3/h64-66,71H,5-63H2,1-4H3,(H,76,77)(H,78,79)/t64-,65+,66+/m0/s1. The summed E-state index contributed by atoms with van der Waals surface area (Å²) in [6.45, 7) is 4.88. The Bertz CT molecular complexity index is 1710. The summed E-state index contributed by atoms with van der Waals surface area (Å²) >= 11 is 0. The van der Waals surface area contributed by atoms with Crippen LogP contribution in [0.1, 0.15) is 368 Å². The number of carbonyl (C=O) groups excluding carboxylic acids is 4. The van der Waals surface area contributed by atoms with Gasteiger partial charge in [0.1, 0.15) is 19.3 Å². The molecule has 0 bridgehead atoms. The van der Waals surface area contributed by atoms with Crippen LogP contribution in [0.3, 0.4) is 0 Å². The third-order valence-corrected chi connectivity index (χ3v) is 18.3. The van der Waals surface area contributed by atoms with E-state index >= 15 is 0 Å². The summed E-state index contributed by atoms with van der Waals surface area (Å²) in [6.07, 6.45) is 53.0. The molecule has 2 unspecified atom stereocenters. The Hall–Kier alpha value is -1.94.